The normalized spacial score (nSPS) is 12.1. The Hall–Kier alpha value is -1.91. The number of aryl methyl sites for hydroxylation is 2. The monoisotopic (exact) mass is 272 g/mol. The summed E-state index contributed by atoms with van der Waals surface area (Å²) in [6.45, 7) is 0.118. The van der Waals surface area contributed by atoms with E-state index in [4.69, 9.17) is 5.11 Å². The largest absolute Gasteiger partial charge is 0.394 e. The van der Waals surface area contributed by atoms with Crippen molar-refractivity contribution in [1.29, 1.82) is 0 Å². The van der Waals surface area contributed by atoms with Crippen LogP contribution >= 0.6 is 0 Å². The van der Waals surface area contributed by atoms with E-state index in [1.165, 1.54) is 5.56 Å². The maximum atomic E-state index is 9.32. The van der Waals surface area contributed by atoms with Crippen LogP contribution in [0.4, 0.5) is 5.69 Å². The first kappa shape index (κ1) is 14.5. The van der Waals surface area contributed by atoms with Crippen LogP contribution in [0.3, 0.4) is 0 Å². The van der Waals surface area contributed by atoms with Gasteiger partial charge in [-0.05, 0) is 42.7 Å². The van der Waals surface area contributed by atoms with E-state index >= 15 is 0 Å². The molecule has 2 rings (SSSR count). The summed E-state index contributed by atoms with van der Waals surface area (Å²) >= 11 is 0. The molecule has 0 aliphatic carbocycles. The zero-order valence-electron chi connectivity index (χ0n) is 11.4. The Balaban J connectivity index is 1.89. The maximum absolute atomic E-state index is 9.32. The van der Waals surface area contributed by atoms with Crippen LogP contribution in [0.2, 0.25) is 0 Å². The van der Waals surface area contributed by atoms with Gasteiger partial charge in [-0.25, -0.2) is 0 Å². The van der Waals surface area contributed by atoms with Crippen LogP contribution in [0.1, 0.15) is 11.3 Å². The van der Waals surface area contributed by atoms with Gasteiger partial charge in [0.05, 0.1) is 12.7 Å². The van der Waals surface area contributed by atoms with Crippen molar-refractivity contribution in [2.45, 2.75) is 18.9 Å². The summed E-state index contributed by atoms with van der Waals surface area (Å²) in [5.74, 6) is 0. The number of aromatic nitrogens is 1. The van der Waals surface area contributed by atoms with E-state index < -0.39 is 6.10 Å². The number of hydrogen-bond donors (Lipinski definition) is 3. The van der Waals surface area contributed by atoms with E-state index in [0.717, 1.165) is 24.2 Å². The third-order valence-electron chi connectivity index (χ3n) is 3.08. The van der Waals surface area contributed by atoms with Gasteiger partial charge in [-0.1, -0.05) is 18.2 Å². The first-order valence-corrected chi connectivity index (χ1v) is 6.79. The highest BCUT2D eigenvalue weighted by molar-refractivity contribution is 5.46. The molecule has 1 atom stereocenters. The molecule has 1 aromatic carbocycles. The maximum Gasteiger partial charge on any atom is 0.0942 e. The molecule has 0 aliphatic rings. The van der Waals surface area contributed by atoms with Gasteiger partial charge >= 0.3 is 0 Å². The van der Waals surface area contributed by atoms with Gasteiger partial charge in [0.25, 0.3) is 0 Å². The lowest BCUT2D eigenvalue weighted by atomic mass is 10.1. The van der Waals surface area contributed by atoms with Gasteiger partial charge in [-0.3, -0.25) is 4.98 Å². The van der Waals surface area contributed by atoms with E-state index in [-0.39, 0.29) is 6.61 Å². The van der Waals surface area contributed by atoms with Crippen LogP contribution in [-0.4, -0.2) is 34.5 Å². The van der Waals surface area contributed by atoms with Gasteiger partial charge in [0, 0.05) is 24.1 Å². The van der Waals surface area contributed by atoms with Crippen LogP contribution in [-0.2, 0) is 12.8 Å². The van der Waals surface area contributed by atoms with Crippen molar-refractivity contribution in [3.63, 3.8) is 0 Å². The molecule has 20 heavy (non-hydrogen) atoms. The highest BCUT2D eigenvalue weighted by atomic mass is 16.3. The molecule has 0 bridgehead atoms. The van der Waals surface area contributed by atoms with Gasteiger partial charge in [-0.2, -0.15) is 0 Å². The number of hydrogen-bond acceptors (Lipinski definition) is 4. The van der Waals surface area contributed by atoms with Crippen LogP contribution in [0.5, 0.6) is 0 Å². The molecule has 0 saturated heterocycles. The Kier molecular flexibility index (Phi) is 5.53. The van der Waals surface area contributed by atoms with Crippen LogP contribution in [0, 0.1) is 0 Å². The molecule has 2 aromatic rings. The fourth-order valence-corrected chi connectivity index (χ4v) is 1.96. The minimum atomic E-state index is -0.729. The van der Waals surface area contributed by atoms with E-state index in [0.29, 0.717) is 6.54 Å². The number of aliphatic hydroxyl groups excluding tert-OH is 2. The number of pyridine rings is 1. The molecular formula is C16H20N2O2. The highest BCUT2D eigenvalue weighted by Crippen LogP contribution is 2.12. The second-order valence-electron chi connectivity index (χ2n) is 4.74. The van der Waals surface area contributed by atoms with Crippen molar-refractivity contribution in [3.8, 4) is 0 Å². The summed E-state index contributed by atoms with van der Waals surface area (Å²) in [5.41, 5.74) is 3.26. The second kappa shape index (κ2) is 7.62. The summed E-state index contributed by atoms with van der Waals surface area (Å²) in [4.78, 5) is 4.31. The van der Waals surface area contributed by atoms with Crippen LogP contribution < -0.4 is 5.32 Å². The summed E-state index contributed by atoms with van der Waals surface area (Å²) in [6, 6.07) is 14.0. The number of aliphatic hydroxyl groups is 2. The summed E-state index contributed by atoms with van der Waals surface area (Å²) in [5, 5.41) is 21.2. The molecule has 0 fully saturated rings. The molecule has 1 unspecified atom stereocenters. The molecule has 0 radical (unpaired) electrons. The predicted octanol–water partition coefficient (Wildman–Crippen LogP) is 1.63. The molecule has 3 N–H and O–H groups in total. The first-order chi connectivity index (χ1) is 9.78. The Morgan fingerprint density at radius 2 is 2.00 bits per heavy atom. The van der Waals surface area contributed by atoms with E-state index in [1.54, 1.807) is 0 Å². The number of anilines is 1. The lowest BCUT2D eigenvalue weighted by Crippen LogP contribution is -2.22. The van der Waals surface area contributed by atoms with E-state index in [2.05, 4.69) is 22.4 Å². The first-order valence-electron chi connectivity index (χ1n) is 6.79. The molecule has 0 amide bonds. The van der Waals surface area contributed by atoms with Crippen molar-refractivity contribution in [2.75, 3.05) is 18.5 Å². The van der Waals surface area contributed by atoms with E-state index in [9.17, 15) is 5.11 Å². The zero-order valence-corrected chi connectivity index (χ0v) is 11.4. The molecule has 106 valence electrons. The average molecular weight is 272 g/mol. The second-order valence-corrected chi connectivity index (χ2v) is 4.74. The summed E-state index contributed by atoms with van der Waals surface area (Å²) in [7, 11) is 0. The van der Waals surface area contributed by atoms with Gasteiger partial charge in [0.15, 0.2) is 0 Å². The summed E-state index contributed by atoms with van der Waals surface area (Å²) in [6.07, 6.45) is 2.91. The summed E-state index contributed by atoms with van der Waals surface area (Å²) < 4.78 is 0. The topological polar surface area (TPSA) is 65.4 Å². The number of benzene rings is 1. The Labute approximate surface area is 119 Å². The van der Waals surface area contributed by atoms with Crippen molar-refractivity contribution in [1.82, 2.24) is 4.98 Å². The third kappa shape index (κ3) is 4.64. The Morgan fingerprint density at radius 3 is 2.75 bits per heavy atom. The van der Waals surface area contributed by atoms with Crippen LogP contribution in [0.25, 0.3) is 0 Å². The quantitative estimate of drug-likeness (QED) is 0.717. The fraction of sp³-hybridized carbons (Fsp3) is 0.312. The van der Waals surface area contributed by atoms with Gasteiger partial charge in [0.1, 0.15) is 0 Å². The number of nitrogens with one attached hydrogen (secondary N) is 1. The Bertz CT molecular complexity index is 517. The molecule has 4 heteroatoms. The minimum Gasteiger partial charge on any atom is -0.394 e. The molecule has 1 heterocycles. The molecule has 4 nitrogen and oxygen atoms in total. The molecular weight excluding hydrogens is 252 g/mol. The van der Waals surface area contributed by atoms with Crippen molar-refractivity contribution in [2.24, 2.45) is 0 Å². The minimum absolute atomic E-state index is 0.230. The van der Waals surface area contributed by atoms with Crippen molar-refractivity contribution in [3.05, 3.63) is 59.9 Å². The van der Waals surface area contributed by atoms with E-state index in [1.807, 2.05) is 36.5 Å². The average Bonchev–Trinajstić information content (AvgIpc) is 2.52. The third-order valence-corrected chi connectivity index (χ3v) is 3.08. The Morgan fingerprint density at radius 1 is 1.10 bits per heavy atom. The molecule has 0 spiro atoms. The lowest BCUT2D eigenvalue weighted by molar-refractivity contribution is 0.105. The van der Waals surface area contributed by atoms with Gasteiger partial charge in [0.2, 0.25) is 0 Å². The predicted molar refractivity (Wildman–Crippen MR) is 79.7 cm³/mol. The molecule has 0 aliphatic heterocycles. The fourth-order valence-electron chi connectivity index (χ4n) is 1.96. The lowest BCUT2D eigenvalue weighted by Gasteiger charge is -2.11. The van der Waals surface area contributed by atoms with Crippen molar-refractivity contribution >= 4 is 5.69 Å². The SMILES string of the molecule is OCC(O)CNc1cccc(CCc2ccccn2)c1. The smallest absolute Gasteiger partial charge is 0.0942 e. The number of nitrogens with zero attached hydrogens (tertiary/aromatic N) is 1. The highest BCUT2D eigenvalue weighted by Gasteiger charge is 2.02. The standard InChI is InChI=1S/C16H20N2O2/c19-12-16(20)11-18-15-6-3-4-13(10-15)7-8-14-5-1-2-9-17-14/h1-6,9-10,16,18-20H,7-8,11-12H2. The molecule has 0 saturated carbocycles. The van der Waals surface area contributed by atoms with Crippen molar-refractivity contribution < 1.29 is 10.2 Å². The van der Waals surface area contributed by atoms with Gasteiger partial charge < -0.3 is 15.5 Å². The molecule has 1 aromatic heterocycles. The number of rotatable bonds is 7. The van der Waals surface area contributed by atoms with Crippen LogP contribution in [0.15, 0.2) is 48.7 Å². The zero-order chi connectivity index (χ0) is 14.2. The van der Waals surface area contributed by atoms with Gasteiger partial charge in [-0.15, -0.1) is 0 Å².